The van der Waals surface area contributed by atoms with Crippen molar-refractivity contribution in [1.82, 2.24) is 14.4 Å². The number of carbonyl (C=O) groups is 3. The molecule has 0 N–H and O–H groups in total. The molecule has 2 aromatic rings. The van der Waals surface area contributed by atoms with Gasteiger partial charge >= 0.3 is 6.03 Å². The van der Waals surface area contributed by atoms with E-state index < -0.39 is 17.5 Å². The Morgan fingerprint density at radius 3 is 2.59 bits per heavy atom. The highest BCUT2D eigenvalue weighted by molar-refractivity contribution is 7.07. The number of aromatic nitrogens is 1. The van der Waals surface area contributed by atoms with Crippen molar-refractivity contribution in [3.05, 3.63) is 52.3 Å². The van der Waals surface area contributed by atoms with Gasteiger partial charge in [0.25, 0.3) is 11.8 Å². The fraction of sp³-hybridized carbons (Fsp3) is 0.429. The molecule has 2 heterocycles. The van der Waals surface area contributed by atoms with E-state index >= 15 is 0 Å². The highest BCUT2D eigenvalue weighted by Gasteiger charge is 2.55. The molecule has 1 saturated heterocycles. The highest BCUT2D eigenvalue weighted by Crippen LogP contribution is 2.39. The van der Waals surface area contributed by atoms with Crippen molar-refractivity contribution >= 4 is 29.2 Å². The summed E-state index contributed by atoms with van der Waals surface area (Å²) in [5, 5.41) is 1.87. The number of likely N-dealkylation sites (N-methyl/N-ethyl adjacent to an activating group) is 1. The average molecular weight is 413 g/mol. The second kappa shape index (κ2) is 7.94. The van der Waals surface area contributed by atoms with Crippen molar-refractivity contribution in [3.63, 3.8) is 0 Å². The topological polar surface area (TPSA) is 75.0 Å². The molecule has 29 heavy (non-hydrogen) atoms. The van der Waals surface area contributed by atoms with E-state index in [4.69, 9.17) is 0 Å². The van der Waals surface area contributed by atoms with Crippen molar-refractivity contribution in [1.29, 1.82) is 0 Å². The van der Waals surface area contributed by atoms with E-state index in [2.05, 4.69) is 4.99 Å². The van der Waals surface area contributed by atoms with E-state index in [0.717, 1.165) is 29.7 Å². The summed E-state index contributed by atoms with van der Waals surface area (Å²) in [6.45, 7) is 0.289. The number of hydrogen-bond acceptors (Lipinski definition) is 4. The summed E-state index contributed by atoms with van der Waals surface area (Å²) in [4.78, 5) is 45.6. The Bertz CT molecular complexity index is 989. The average Bonchev–Trinajstić information content (AvgIpc) is 3.23. The molecule has 1 aromatic heterocycles. The molecule has 8 heteroatoms. The van der Waals surface area contributed by atoms with Crippen LogP contribution in [0.25, 0.3) is 0 Å². The van der Waals surface area contributed by atoms with E-state index in [1.54, 1.807) is 7.05 Å². The van der Waals surface area contributed by atoms with E-state index in [-0.39, 0.29) is 12.5 Å². The SMILES string of the molecule is CN1C(=O)N(CC(=O)N=c2sccn2Cc2ccccc2)C(=O)C12CCCCC2. The van der Waals surface area contributed by atoms with Gasteiger partial charge in [0.15, 0.2) is 4.80 Å². The van der Waals surface area contributed by atoms with Crippen LogP contribution in [0.4, 0.5) is 4.79 Å². The molecule has 0 radical (unpaired) electrons. The molecule has 1 spiro atoms. The van der Waals surface area contributed by atoms with Crippen LogP contribution in [-0.4, -0.2) is 51.3 Å². The maximum absolute atomic E-state index is 13.0. The molecular formula is C21H24N4O3S. The first kappa shape index (κ1) is 19.6. The largest absolute Gasteiger partial charge is 0.327 e. The van der Waals surface area contributed by atoms with Gasteiger partial charge in [0.05, 0.1) is 0 Å². The Morgan fingerprint density at radius 2 is 1.86 bits per heavy atom. The van der Waals surface area contributed by atoms with Crippen molar-refractivity contribution in [2.75, 3.05) is 13.6 Å². The fourth-order valence-electron chi connectivity index (χ4n) is 4.24. The number of imide groups is 1. The normalized spacial score (nSPS) is 19.4. The van der Waals surface area contributed by atoms with Crippen LogP contribution >= 0.6 is 11.3 Å². The van der Waals surface area contributed by atoms with E-state index in [0.29, 0.717) is 24.2 Å². The summed E-state index contributed by atoms with van der Waals surface area (Å²) in [5.41, 5.74) is 0.330. The van der Waals surface area contributed by atoms with Crippen LogP contribution in [0, 0.1) is 0 Å². The number of rotatable bonds is 4. The molecular weight excluding hydrogens is 388 g/mol. The summed E-state index contributed by atoms with van der Waals surface area (Å²) >= 11 is 1.36. The highest BCUT2D eigenvalue weighted by atomic mass is 32.1. The third kappa shape index (κ3) is 3.64. The van der Waals surface area contributed by atoms with E-state index in [9.17, 15) is 14.4 Å². The first-order valence-electron chi connectivity index (χ1n) is 9.86. The number of nitrogens with zero attached hydrogens (tertiary/aromatic N) is 4. The Labute approximate surface area is 173 Å². The third-order valence-corrected chi connectivity index (χ3v) is 6.65. The maximum atomic E-state index is 13.0. The van der Waals surface area contributed by atoms with Crippen LogP contribution in [0.5, 0.6) is 0 Å². The Kier molecular flexibility index (Phi) is 5.36. The van der Waals surface area contributed by atoms with Gasteiger partial charge in [-0.25, -0.2) is 4.79 Å². The maximum Gasteiger partial charge on any atom is 0.327 e. The lowest BCUT2D eigenvalue weighted by Gasteiger charge is -2.35. The first-order valence-corrected chi connectivity index (χ1v) is 10.7. The zero-order valence-corrected chi connectivity index (χ0v) is 17.2. The summed E-state index contributed by atoms with van der Waals surface area (Å²) in [5.74, 6) is -0.742. The lowest BCUT2D eigenvalue weighted by Crippen LogP contribution is -2.49. The molecule has 152 valence electrons. The predicted molar refractivity (Wildman–Crippen MR) is 109 cm³/mol. The van der Waals surface area contributed by atoms with Crippen molar-refractivity contribution in [2.45, 2.75) is 44.2 Å². The molecule has 2 aliphatic rings. The number of thiazole rings is 1. The van der Waals surface area contributed by atoms with Crippen molar-refractivity contribution in [3.8, 4) is 0 Å². The van der Waals surface area contributed by atoms with Gasteiger partial charge in [-0.1, -0.05) is 49.6 Å². The van der Waals surface area contributed by atoms with Crippen LogP contribution in [0.2, 0.25) is 0 Å². The van der Waals surface area contributed by atoms with Crippen LogP contribution < -0.4 is 4.80 Å². The van der Waals surface area contributed by atoms with Gasteiger partial charge in [0.2, 0.25) is 0 Å². The molecule has 7 nitrogen and oxygen atoms in total. The zero-order valence-electron chi connectivity index (χ0n) is 16.4. The minimum atomic E-state index is -0.772. The molecule has 1 aliphatic carbocycles. The number of benzene rings is 1. The third-order valence-electron chi connectivity index (χ3n) is 5.85. The molecule has 2 fully saturated rings. The second-order valence-electron chi connectivity index (χ2n) is 7.63. The summed E-state index contributed by atoms with van der Waals surface area (Å²) in [7, 11) is 1.67. The molecule has 4 amide bonds. The summed E-state index contributed by atoms with van der Waals surface area (Å²) in [6, 6.07) is 9.51. The van der Waals surface area contributed by atoms with Gasteiger partial charge in [-0.3, -0.25) is 14.5 Å². The molecule has 1 saturated carbocycles. The fourth-order valence-corrected chi connectivity index (χ4v) is 4.98. The van der Waals surface area contributed by atoms with Gasteiger partial charge in [-0.2, -0.15) is 4.99 Å². The summed E-state index contributed by atoms with van der Waals surface area (Å²) in [6.07, 6.45) is 6.12. The summed E-state index contributed by atoms with van der Waals surface area (Å²) < 4.78 is 1.89. The molecule has 1 aromatic carbocycles. The van der Waals surface area contributed by atoms with Gasteiger partial charge in [-0.05, 0) is 18.4 Å². The number of urea groups is 1. The quantitative estimate of drug-likeness (QED) is 0.725. The molecule has 0 atom stereocenters. The van der Waals surface area contributed by atoms with Gasteiger partial charge < -0.3 is 9.47 Å². The van der Waals surface area contributed by atoms with Crippen molar-refractivity contribution in [2.24, 2.45) is 4.99 Å². The van der Waals surface area contributed by atoms with Gasteiger partial charge in [-0.15, -0.1) is 11.3 Å². The first-order chi connectivity index (χ1) is 14.0. The van der Waals surface area contributed by atoms with Crippen LogP contribution in [0.1, 0.15) is 37.7 Å². The monoisotopic (exact) mass is 412 g/mol. The lowest BCUT2D eigenvalue weighted by molar-refractivity contribution is -0.136. The van der Waals surface area contributed by atoms with Crippen LogP contribution in [0.3, 0.4) is 0 Å². The van der Waals surface area contributed by atoms with Crippen LogP contribution in [0.15, 0.2) is 46.9 Å². The number of amides is 4. The van der Waals surface area contributed by atoms with E-state index in [1.165, 1.54) is 16.2 Å². The predicted octanol–water partition coefficient (Wildman–Crippen LogP) is 2.62. The standard InChI is InChI=1S/C21H24N4O3S/c1-23-20(28)25(18(27)21(23)10-6-3-7-11-21)15-17(26)22-19-24(12-13-29-19)14-16-8-4-2-5-9-16/h2,4-5,8-9,12-13H,3,6-7,10-11,14-15H2,1H3. The van der Waals surface area contributed by atoms with Crippen LogP contribution in [-0.2, 0) is 16.1 Å². The van der Waals surface area contributed by atoms with Gasteiger partial charge in [0.1, 0.15) is 12.1 Å². The Morgan fingerprint density at radius 1 is 1.14 bits per heavy atom. The number of hydrogen-bond donors (Lipinski definition) is 0. The molecule has 0 unspecified atom stereocenters. The minimum Gasteiger partial charge on any atom is -0.319 e. The Balaban J connectivity index is 1.51. The lowest BCUT2D eigenvalue weighted by atomic mass is 9.81. The molecule has 0 bridgehead atoms. The smallest absolute Gasteiger partial charge is 0.319 e. The van der Waals surface area contributed by atoms with Gasteiger partial charge in [0, 0.05) is 25.2 Å². The number of carbonyl (C=O) groups excluding carboxylic acids is 3. The second-order valence-corrected chi connectivity index (χ2v) is 8.50. The van der Waals surface area contributed by atoms with Crippen molar-refractivity contribution < 1.29 is 14.4 Å². The zero-order chi connectivity index (χ0) is 20.4. The minimum absolute atomic E-state index is 0.253. The Hall–Kier alpha value is -2.74. The van der Waals surface area contributed by atoms with E-state index in [1.807, 2.05) is 46.5 Å². The molecule has 4 rings (SSSR count). The molecule has 1 aliphatic heterocycles.